The first-order chi connectivity index (χ1) is 7.22. The molecule has 4 heteroatoms. The maximum atomic E-state index is 11.1. The first-order valence-electron chi connectivity index (χ1n) is 5.14. The zero-order valence-corrected chi connectivity index (χ0v) is 8.94. The minimum atomic E-state index is -0.180. The summed E-state index contributed by atoms with van der Waals surface area (Å²) in [6.45, 7) is 2.22. The van der Waals surface area contributed by atoms with E-state index in [4.69, 9.17) is 14.9 Å². The second-order valence-electron chi connectivity index (χ2n) is 3.44. The van der Waals surface area contributed by atoms with Gasteiger partial charge in [-0.1, -0.05) is 0 Å². The molecule has 1 heterocycles. The van der Waals surface area contributed by atoms with E-state index in [9.17, 15) is 4.79 Å². The molecule has 0 spiro atoms. The van der Waals surface area contributed by atoms with Crippen molar-refractivity contribution in [3.05, 3.63) is 24.2 Å². The summed E-state index contributed by atoms with van der Waals surface area (Å²) in [5, 5.41) is 0. The van der Waals surface area contributed by atoms with Crippen molar-refractivity contribution >= 4 is 5.97 Å². The van der Waals surface area contributed by atoms with Crippen molar-refractivity contribution in [3.8, 4) is 0 Å². The monoisotopic (exact) mass is 211 g/mol. The molecule has 0 aromatic carbocycles. The van der Waals surface area contributed by atoms with Crippen LogP contribution in [0.3, 0.4) is 0 Å². The van der Waals surface area contributed by atoms with Gasteiger partial charge < -0.3 is 14.9 Å². The molecule has 0 aliphatic heterocycles. The summed E-state index contributed by atoms with van der Waals surface area (Å²) in [5.41, 5.74) is 6.92. The number of carbonyl (C=O) groups is 1. The van der Waals surface area contributed by atoms with E-state index in [-0.39, 0.29) is 12.0 Å². The van der Waals surface area contributed by atoms with Crippen molar-refractivity contribution in [2.24, 2.45) is 5.73 Å². The minimum Gasteiger partial charge on any atom is -0.472 e. The van der Waals surface area contributed by atoms with E-state index in [0.717, 1.165) is 12.0 Å². The molecule has 0 fully saturated rings. The Kier molecular flexibility index (Phi) is 4.90. The Hall–Kier alpha value is -1.29. The van der Waals surface area contributed by atoms with Gasteiger partial charge in [-0.25, -0.2) is 0 Å². The molecule has 15 heavy (non-hydrogen) atoms. The highest BCUT2D eigenvalue weighted by molar-refractivity contribution is 5.69. The van der Waals surface area contributed by atoms with E-state index in [1.165, 1.54) is 0 Å². The van der Waals surface area contributed by atoms with Gasteiger partial charge in [0.2, 0.25) is 0 Å². The molecule has 1 atom stereocenters. The zero-order valence-electron chi connectivity index (χ0n) is 8.94. The zero-order chi connectivity index (χ0) is 11.1. The van der Waals surface area contributed by atoms with Gasteiger partial charge in [0.1, 0.15) is 0 Å². The van der Waals surface area contributed by atoms with E-state index in [1.54, 1.807) is 19.5 Å². The van der Waals surface area contributed by atoms with Gasteiger partial charge >= 0.3 is 5.97 Å². The first kappa shape index (κ1) is 11.8. The normalized spacial score (nSPS) is 12.4. The second kappa shape index (κ2) is 6.24. The molecule has 1 aromatic rings. The Morgan fingerprint density at radius 2 is 2.47 bits per heavy atom. The highest BCUT2D eigenvalue weighted by atomic mass is 16.5. The molecule has 0 aliphatic rings. The van der Waals surface area contributed by atoms with Crippen molar-refractivity contribution in [2.45, 2.75) is 32.2 Å². The summed E-state index contributed by atoms with van der Waals surface area (Å²) < 4.78 is 9.75. The van der Waals surface area contributed by atoms with Crippen LogP contribution in [0.1, 0.15) is 25.3 Å². The van der Waals surface area contributed by atoms with Crippen molar-refractivity contribution in [1.82, 2.24) is 0 Å². The van der Waals surface area contributed by atoms with Crippen LogP contribution < -0.4 is 5.73 Å². The molecular weight excluding hydrogens is 194 g/mol. The lowest BCUT2D eigenvalue weighted by atomic mass is 10.1. The third-order valence-corrected chi connectivity index (χ3v) is 2.10. The number of carbonyl (C=O) groups excluding carboxylic acids is 1. The highest BCUT2D eigenvalue weighted by Gasteiger charge is 2.08. The fourth-order valence-electron chi connectivity index (χ4n) is 1.35. The third kappa shape index (κ3) is 4.65. The van der Waals surface area contributed by atoms with Crippen LogP contribution in [-0.2, 0) is 16.0 Å². The van der Waals surface area contributed by atoms with Gasteiger partial charge in [0.15, 0.2) is 0 Å². The Morgan fingerprint density at radius 3 is 3.07 bits per heavy atom. The van der Waals surface area contributed by atoms with Crippen LogP contribution in [0.2, 0.25) is 0 Å². The van der Waals surface area contributed by atoms with Gasteiger partial charge in [-0.05, 0) is 31.4 Å². The number of hydrogen-bond donors (Lipinski definition) is 1. The summed E-state index contributed by atoms with van der Waals surface area (Å²) in [7, 11) is 0. The number of esters is 1. The molecule has 0 amide bonds. The predicted molar refractivity (Wildman–Crippen MR) is 56.3 cm³/mol. The minimum absolute atomic E-state index is 0.0213. The molecule has 0 radical (unpaired) electrons. The van der Waals surface area contributed by atoms with E-state index in [0.29, 0.717) is 19.4 Å². The number of furan rings is 1. The van der Waals surface area contributed by atoms with Crippen LogP contribution in [0.4, 0.5) is 0 Å². The quantitative estimate of drug-likeness (QED) is 0.724. The molecule has 1 rings (SSSR count). The van der Waals surface area contributed by atoms with Crippen LogP contribution in [0.15, 0.2) is 23.0 Å². The summed E-state index contributed by atoms with van der Waals surface area (Å²) >= 11 is 0. The standard InChI is InChI=1S/C11H17NO3/c1-2-15-11(13)4-3-10(12)7-9-5-6-14-8-9/h5-6,8,10H,2-4,7,12H2,1H3. The van der Waals surface area contributed by atoms with Gasteiger partial charge in [-0.15, -0.1) is 0 Å². The van der Waals surface area contributed by atoms with Crippen molar-refractivity contribution in [2.75, 3.05) is 6.61 Å². The number of hydrogen-bond acceptors (Lipinski definition) is 4. The Balaban J connectivity index is 2.19. The molecule has 1 aromatic heterocycles. The summed E-state index contributed by atoms with van der Waals surface area (Å²) in [6.07, 6.45) is 5.05. The molecule has 1 unspecified atom stereocenters. The van der Waals surface area contributed by atoms with Crippen molar-refractivity contribution < 1.29 is 13.9 Å². The predicted octanol–water partition coefficient (Wildman–Crippen LogP) is 1.49. The fourth-order valence-corrected chi connectivity index (χ4v) is 1.35. The summed E-state index contributed by atoms with van der Waals surface area (Å²) in [4.78, 5) is 11.1. The molecule has 4 nitrogen and oxygen atoms in total. The summed E-state index contributed by atoms with van der Waals surface area (Å²) in [6, 6.07) is 1.86. The van der Waals surface area contributed by atoms with E-state index in [1.807, 2.05) is 6.07 Å². The smallest absolute Gasteiger partial charge is 0.305 e. The number of rotatable bonds is 6. The maximum absolute atomic E-state index is 11.1. The maximum Gasteiger partial charge on any atom is 0.305 e. The summed E-state index contributed by atoms with van der Waals surface area (Å²) in [5.74, 6) is -0.180. The average molecular weight is 211 g/mol. The van der Waals surface area contributed by atoms with Crippen LogP contribution in [0.5, 0.6) is 0 Å². The lowest BCUT2D eigenvalue weighted by Gasteiger charge is -2.09. The van der Waals surface area contributed by atoms with Gasteiger partial charge in [-0.2, -0.15) is 0 Å². The fraction of sp³-hybridized carbons (Fsp3) is 0.545. The lowest BCUT2D eigenvalue weighted by Crippen LogP contribution is -2.24. The molecule has 0 aliphatic carbocycles. The second-order valence-corrected chi connectivity index (χ2v) is 3.44. The van der Waals surface area contributed by atoms with E-state index in [2.05, 4.69) is 0 Å². The van der Waals surface area contributed by atoms with Crippen molar-refractivity contribution in [1.29, 1.82) is 0 Å². The SMILES string of the molecule is CCOC(=O)CCC(N)Cc1ccoc1. The Bertz CT molecular complexity index is 282. The Morgan fingerprint density at radius 1 is 1.67 bits per heavy atom. The number of ether oxygens (including phenoxy) is 1. The topological polar surface area (TPSA) is 65.5 Å². The highest BCUT2D eigenvalue weighted by Crippen LogP contribution is 2.07. The molecular formula is C11H17NO3. The molecule has 0 bridgehead atoms. The average Bonchev–Trinajstić information content (AvgIpc) is 2.68. The third-order valence-electron chi connectivity index (χ3n) is 2.10. The van der Waals surface area contributed by atoms with Gasteiger partial charge in [0.05, 0.1) is 19.1 Å². The van der Waals surface area contributed by atoms with Gasteiger partial charge in [0, 0.05) is 12.5 Å². The molecule has 0 saturated carbocycles. The number of nitrogens with two attached hydrogens (primary N) is 1. The molecule has 0 saturated heterocycles. The van der Waals surface area contributed by atoms with Gasteiger partial charge in [0.25, 0.3) is 0 Å². The first-order valence-corrected chi connectivity index (χ1v) is 5.14. The molecule has 84 valence electrons. The lowest BCUT2D eigenvalue weighted by molar-refractivity contribution is -0.143. The van der Waals surface area contributed by atoms with Gasteiger partial charge in [-0.3, -0.25) is 4.79 Å². The van der Waals surface area contributed by atoms with Crippen LogP contribution in [0, 0.1) is 0 Å². The van der Waals surface area contributed by atoms with E-state index >= 15 is 0 Å². The van der Waals surface area contributed by atoms with Crippen LogP contribution in [0.25, 0.3) is 0 Å². The molecule has 2 N–H and O–H groups in total. The Labute approximate surface area is 89.4 Å². The van der Waals surface area contributed by atoms with Crippen LogP contribution >= 0.6 is 0 Å². The largest absolute Gasteiger partial charge is 0.472 e. The van der Waals surface area contributed by atoms with Crippen molar-refractivity contribution in [3.63, 3.8) is 0 Å². The van der Waals surface area contributed by atoms with E-state index < -0.39 is 0 Å². The van der Waals surface area contributed by atoms with Crippen LogP contribution in [-0.4, -0.2) is 18.6 Å².